The van der Waals surface area contributed by atoms with E-state index < -0.39 is 0 Å². The quantitative estimate of drug-likeness (QED) is 0.798. The van der Waals surface area contributed by atoms with Gasteiger partial charge >= 0.3 is 0 Å². The number of carbonyl (C=O) groups is 1. The van der Waals surface area contributed by atoms with Crippen molar-refractivity contribution in [2.45, 2.75) is 57.6 Å². The zero-order chi connectivity index (χ0) is 12.8. The van der Waals surface area contributed by atoms with Crippen LogP contribution in [0.25, 0.3) is 0 Å². The zero-order valence-corrected chi connectivity index (χ0v) is 11.4. The summed E-state index contributed by atoms with van der Waals surface area (Å²) in [5.41, 5.74) is 0. The summed E-state index contributed by atoms with van der Waals surface area (Å²) in [4.78, 5) is 11.9. The lowest BCUT2D eigenvalue weighted by Crippen LogP contribution is -2.44. The molecule has 18 heavy (non-hydrogen) atoms. The summed E-state index contributed by atoms with van der Waals surface area (Å²) >= 11 is 0. The second-order valence-corrected chi connectivity index (χ2v) is 5.66. The van der Waals surface area contributed by atoms with Crippen LogP contribution < -0.4 is 10.6 Å². The van der Waals surface area contributed by atoms with E-state index in [1.54, 1.807) is 0 Å². The van der Waals surface area contributed by atoms with Gasteiger partial charge in [0.05, 0.1) is 19.1 Å². The Balaban J connectivity index is 1.68. The Morgan fingerprint density at radius 3 is 2.83 bits per heavy atom. The van der Waals surface area contributed by atoms with E-state index in [0.717, 1.165) is 19.7 Å². The van der Waals surface area contributed by atoms with Crippen LogP contribution in [-0.4, -0.2) is 37.7 Å². The minimum Gasteiger partial charge on any atom is -0.375 e. The molecule has 0 aromatic heterocycles. The molecule has 2 N–H and O–H groups in total. The molecule has 2 atom stereocenters. The largest absolute Gasteiger partial charge is 0.375 e. The Labute approximate surface area is 110 Å². The molecule has 1 heterocycles. The van der Waals surface area contributed by atoms with Crippen LogP contribution >= 0.6 is 0 Å². The lowest BCUT2D eigenvalue weighted by atomic mass is 9.84. The topological polar surface area (TPSA) is 50.4 Å². The molecule has 0 aromatic carbocycles. The third-order valence-corrected chi connectivity index (χ3v) is 4.16. The molecule has 0 radical (unpaired) electrons. The third kappa shape index (κ3) is 4.25. The molecule has 104 valence electrons. The second kappa shape index (κ2) is 7.10. The molecule has 2 aliphatic rings. The van der Waals surface area contributed by atoms with Crippen LogP contribution in [0.4, 0.5) is 0 Å². The van der Waals surface area contributed by atoms with Gasteiger partial charge in [-0.05, 0) is 25.7 Å². The smallest absolute Gasteiger partial charge is 0.222 e. The first-order valence-electron chi connectivity index (χ1n) is 7.37. The van der Waals surface area contributed by atoms with Crippen LogP contribution in [-0.2, 0) is 9.53 Å². The molecule has 0 aromatic rings. The summed E-state index contributed by atoms with van der Waals surface area (Å²) in [6.45, 7) is 4.56. The Morgan fingerprint density at radius 1 is 1.39 bits per heavy atom. The summed E-state index contributed by atoms with van der Waals surface area (Å²) in [6.07, 6.45) is 7.08. The molecule has 1 aliphatic carbocycles. The highest BCUT2D eigenvalue weighted by atomic mass is 16.5. The normalized spacial score (nSPS) is 27.7. The molecule has 1 saturated carbocycles. The van der Waals surface area contributed by atoms with Crippen molar-refractivity contribution in [2.75, 3.05) is 19.7 Å². The van der Waals surface area contributed by atoms with Crippen molar-refractivity contribution in [3.8, 4) is 0 Å². The lowest BCUT2D eigenvalue weighted by Gasteiger charge is -2.29. The summed E-state index contributed by atoms with van der Waals surface area (Å²) in [5.74, 6) is 0.815. The van der Waals surface area contributed by atoms with E-state index in [4.69, 9.17) is 4.74 Å². The maximum atomic E-state index is 11.9. The van der Waals surface area contributed by atoms with Gasteiger partial charge in [-0.2, -0.15) is 0 Å². The average Bonchev–Trinajstić information content (AvgIpc) is 2.40. The number of ether oxygens (including phenoxy) is 1. The van der Waals surface area contributed by atoms with E-state index in [-0.39, 0.29) is 12.0 Å². The van der Waals surface area contributed by atoms with Crippen LogP contribution in [0.3, 0.4) is 0 Å². The lowest BCUT2D eigenvalue weighted by molar-refractivity contribution is -0.125. The van der Waals surface area contributed by atoms with Crippen molar-refractivity contribution >= 4 is 5.91 Å². The van der Waals surface area contributed by atoms with Gasteiger partial charge in [0.2, 0.25) is 5.91 Å². The molecule has 4 heteroatoms. The first-order chi connectivity index (χ1) is 8.75. The maximum absolute atomic E-state index is 11.9. The summed E-state index contributed by atoms with van der Waals surface area (Å²) in [5, 5.41) is 6.40. The van der Waals surface area contributed by atoms with E-state index in [0.29, 0.717) is 18.4 Å². The molecule has 2 unspecified atom stereocenters. The van der Waals surface area contributed by atoms with Gasteiger partial charge in [-0.3, -0.25) is 4.79 Å². The van der Waals surface area contributed by atoms with Crippen molar-refractivity contribution in [1.29, 1.82) is 0 Å². The van der Waals surface area contributed by atoms with Crippen molar-refractivity contribution in [3.63, 3.8) is 0 Å². The number of carbonyl (C=O) groups excluding carboxylic acids is 1. The molecule has 2 rings (SSSR count). The predicted molar refractivity (Wildman–Crippen MR) is 71.4 cm³/mol. The standard InChI is InChI=1S/C14H26N2O2/c1-11(12-5-3-2-4-6-12)16-14(17)9-13-10-15-7-8-18-13/h11-13,15H,2-10H2,1H3,(H,16,17). The van der Waals surface area contributed by atoms with Gasteiger partial charge in [-0.1, -0.05) is 19.3 Å². The van der Waals surface area contributed by atoms with Gasteiger partial charge in [0.15, 0.2) is 0 Å². The third-order valence-electron chi connectivity index (χ3n) is 4.16. The van der Waals surface area contributed by atoms with Crippen LogP contribution in [0.15, 0.2) is 0 Å². The van der Waals surface area contributed by atoms with E-state index in [1.807, 2.05) is 0 Å². The van der Waals surface area contributed by atoms with Gasteiger partial charge in [0, 0.05) is 19.1 Å². The Morgan fingerprint density at radius 2 is 2.17 bits per heavy atom. The van der Waals surface area contributed by atoms with Gasteiger partial charge < -0.3 is 15.4 Å². The Hall–Kier alpha value is -0.610. The van der Waals surface area contributed by atoms with Crippen molar-refractivity contribution in [1.82, 2.24) is 10.6 Å². The minimum absolute atomic E-state index is 0.0531. The number of morpholine rings is 1. The number of amides is 1. The van der Waals surface area contributed by atoms with Crippen molar-refractivity contribution in [3.05, 3.63) is 0 Å². The summed E-state index contributed by atoms with van der Waals surface area (Å²) in [7, 11) is 0. The molecule has 2 fully saturated rings. The number of rotatable bonds is 4. The second-order valence-electron chi connectivity index (χ2n) is 5.66. The molecule has 4 nitrogen and oxygen atoms in total. The molecular formula is C14H26N2O2. The van der Waals surface area contributed by atoms with E-state index in [9.17, 15) is 4.79 Å². The van der Waals surface area contributed by atoms with Gasteiger partial charge in [0.1, 0.15) is 0 Å². The first-order valence-corrected chi connectivity index (χ1v) is 7.37. The monoisotopic (exact) mass is 254 g/mol. The Kier molecular flexibility index (Phi) is 5.45. The summed E-state index contributed by atoms with van der Waals surface area (Å²) < 4.78 is 5.55. The van der Waals surface area contributed by atoms with Gasteiger partial charge in [-0.15, -0.1) is 0 Å². The van der Waals surface area contributed by atoms with Gasteiger partial charge in [0.25, 0.3) is 0 Å². The molecule has 1 amide bonds. The van der Waals surface area contributed by atoms with Crippen LogP contribution in [0, 0.1) is 5.92 Å². The SMILES string of the molecule is CC(NC(=O)CC1CNCCO1)C1CCCCC1. The number of hydrogen-bond acceptors (Lipinski definition) is 3. The van der Waals surface area contributed by atoms with Crippen LogP contribution in [0.5, 0.6) is 0 Å². The molecule has 1 saturated heterocycles. The summed E-state index contributed by atoms with van der Waals surface area (Å²) in [6, 6.07) is 0.314. The van der Waals surface area contributed by atoms with Crippen LogP contribution in [0.1, 0.15) is 45.4 Å². The van der Waals surface area contributed by atoms with E-state index >= 15 is 0 Å². The Bertz CT molecular complexity index is 259. The maximum Gasteiger partial charge on any atom is 0.222 e. The fraction of sp³-hybridized carbons (Fsp3) is 0.929. The predicted octanol–water partition coefficient (Wildman–Crippen LogP) is 1.45. The fourth-order valence-corrected chi connectivity index (χ4v) is 3.02. The van der Waals surface area contributed by atoms with Gasteiger partial charge in [-0.25, -0.2) is 0 Å². The highest BCUT2D eigenvalue weighted by Gasteiger charge is 2.23. The van der Waals surface area contributed by atoms with E-state index in [1.165, 1.54) is 32.1 Å². The first kappa shape index (κ1) is 13.8. The zero-order valence-electron chi connectivity index (χ0n) is 11.4. The fourth-order valence-electron chi connectivity index (χ4n) is 3.02. The van der Waals surface area contributed by atoms with Crippen molar-refractivity contribution in [2.24, 2.45) is 5.92 Å². The molecule has 0 bridgehead atoms. The molecular weight excluding hydrogens is 228 g/mol. The molecule has 0 spiro atoms. The highest BCUT2D eigenvalue weighted by molar-refractivity contribution is 5.76. The molecule has 1 aliphatic heterocycles. The van der Waals surface area contributed by atoms with Crippen LogP contribution in [0.2, 0.25) is 0 Å². The highest BCUT2D eigenvalue weighted by Crippen LogP contribution is 2.26. The number of nitrogens with one attached hydrogen (secondary N) is 2. The average molecular weight is 254 g/mol. The number of hydrogen-bond donors (Lipinski definition) is 2. The van der Waals surface area contributed by atoms with E-state index in [2.05, 4.69) is 17.6 Å². The van der Waals surface area contributed by atoms with Crippen molar-refractivity contribution < 1.29 is 9.53 Å². The minimum atomic E-state index is 0.0531.